The summed E-state index contributed by atoms with van der Waals surface area (Å²) in [6.07, 6.45) is 5.64. The molecule has 0 aliphatic heterocycles. The van der Waals surface area contributed by atoms with E-state index in [1.807, 2.05) is 36.4 Å². The van der Waals surface area contributed by atoms with Crippen LogP contribution in [0.2, 0.25) is 0 Å². The molecule has 0 radical (unpaired) electrons. The third-order valence-electron chi connectivity index (χ3n) is 1.96. The smallest absolute Gasteiger partial charge is 0.134 e. The fraction of sp³-hybridized carbons (Fsp3) is 0.0909. The molecular formula is C11H11NO. The van der Waals surface area contributed by atoms with E-state index in [0.717, 1.165) is 16.5 Å². The molecule has 0 amide bonds. The largest absolute Gasteiger partial charge is 0.464 e. The summed E-state index contributed by atoms with van der Waals surface area (Å²) in [5.41, 5.74) is 7.45. The van der Waals surface area contributed by atoms with Crippen LogP contribution in [0.4, 0.5) is 0 Å². The van der Waals surface area contributed by atoms with Gasteiger partial charge in [0.1, 0.15) is 5.58 Å². The number of hydrogen-bond donors (Lipinski definition) is 1. The van der Waals surface area contributed by atoms with Crippen LogP contribution in [0, 0.1) is 0 Å². The third-order valence-corrected chi connectivity index (χ3v) is 1.96. The van der Waals surface area contributed by atoms with Crippen LogP contribution in [-0.2, 0) is 0 Å². The van der Waals surface area contributed by atoms with Gasteiger partial charge in [-0.1, -0.05) is 24.3 Å². The first kappa shape index (κ1) is 8.08. The fourth-order valence-electron chi connectivity index (χ4n) is 1.36. The van der Waals surface area contributed by atoms with Crippen molar-refractivity contribution in [1.82, 2.24) is 0 Å². The van der Waals surface area contributed by atoms with Crippen LogP contribution < -0.4 is 5.73 Å². The van der Waals surface area contributed by atoms with Gasteiger partial charge < -0.3 is 10.2 Å². The molecule has 13 heavy (non-hydrogen) atoms. The van der Waals surface area contributed by atoms with Crippen LogP contribution in [0.3, 0.4) is 0 Å². The Kier molecular flexibility index (Phi) is 2.15. The van der Waals surface area contributed by atoms with Crippen molar-refractivity contribution in [2.24, 2.45) is 5.73 Å². The van der Waals surface area contributed by atoms with Gasteiger partial charge in [-0.3, -0.25) is 0 Å². The van der Waals surface area contributed by atoms with E-state index in [1.54, 1.807) is 6.26 Å². The van der Waals surface area contributed by atoms with Crippen molar-refractivity contribution in [3.05, 3.63) is 42.2 Å². The van der Waals surface area contributed by atoms with E-state index in [0.29, 0.717) is 6.54 Å². The Balaban J connectivity index is 2.54. The second kappa shape index (κ2) is 3.46. The van der Waals surface area contributed by atoms with Crippen molar-refractivity contribution in [2.45, 2.75) is 0 Å². The van der Waals surface area contributed by atoms with E-state index in [-0.39, 0.29) is 0 Å². The standard InChI is InChI=1S/C11H11NO/c12-7-2-4-9-3-1-5-11-10(9)6-8-13-11/h1-6,8H,7,12H2/b4-2+. The van der Waals surface area contributed by atoms with E-state index >= 15 is 0 Å². The third kappa shape index (κ3) is 1.48. The molecule has 0 atom stereocenters. The molecule has 2 N–H and O–H groups in total. The first-order valence-corrected chi connectivity index (χ1v) is 4.24. The van der Waals surface area contributed by atoms with Crippen molar-refractivity contribution in [1.29, 1.82) is 0 Å². The van der Waals surface area contributed by atoms with Crippen molar-refractivity contribution >= 4 is 17.0 Å². The predicted molar refractivity (Wildman–Crippen MR) is 54.3 cm³/mol. The molecule has 0 aliphatic rings. The Labute approximate surface area is 76.7 Å². The lowest BCUT2D eigenvalue weighted by Crippen LogP contribution is -1.91. The lowest BCUT2D eigenvalue weighted by Gasteiger charge is -1.94. The van der Waals surface area contributed by atoms with Gasteiger partial charge in [0.2, 0.25) is 0 Å². The zero-order valence-electron chi connectivity index (χ0n) is 7.23. The maximum atomic E-state index is 5.39. The van der Waals surface area contributed by atoms with Gasteiger partial charge in [-0.25, -0.2) is 0 Å². The number of furan rings is 1. The molecule has 1 aromatic carbocycles. The van der Waals surface area contributed by atoms with E-state index in [4.69, 9.17) is 10.2 Å². The lowest BCUT2D eigenvalue weighted by atomic mass is 10.1. The number of nitrogens with two attached hydrogens (primary N) is 1. The summed E-state index contributed by atoms with van der Waals surface area (Å²) < 4.78 is 5.27. The van der Waals surface area contributed by atoms with Gasteiger partial charge in [-0.05, 0) is 17.7 Å². The highest BCUT2D eigenvalue weighted by molar-refractivity contribution is 5.86. The lowest BCUT2D eigenvalue weighted by molar-refractivity contribution is 0.616. The van der Waals surface area contributed by atoms with Gasteiger partial charge in [0.15, 0.2) is 0 Å². The molecule has 2 nitrogen and oxygen atoms in total. The summed E-state index contributed by atoms with van der Waals surface area (Å²) in [6.45, 7) is 0.564. The van der Waals surface area contributed by atoms with Crippen LogP contribution in [0.5, 0.6) is 0 Å². The Morgan fingerprint density at radius 3 is 3.08 bits per heavy atom. The van der Waals surface area contributed by atoms with Gasteiger partial charge in [0.25, 0.3) is 0 Å². The molecule has 0 bridgehead atoms. The second-order valence-corrected chi connectivity index (χ2v) is 2.82. The molecule has 0 spiro atoms. The summed E-state index contributed by atoms with van der Waals surface area (Å²) in [6, 6.07) is 7.94. The zero-order valence-corrected chi connectivity index (χ0v) is 7.23. The summed E-state index contributed by atoms with van der Waals surface area (Å²) in [7, 11) is 0. The Bertz CT molecular complexity index is 428. The summed E-state index contributed by atoms with van der Waals surface area (Å²) in [5.74, 6) is 0. The first-order chi connectivity index (χ1) is 6.42. The van der Waals surface area contributed by atoms with Crippen molar-refractivity contribution < 1.29 is 4.42 Å². The molecule has 0 saturated carbocycles. The van der Waals surface area contributed by atoms with Gasteiger partial charge in [-0.2, -0.15) is 0 Å². The number of hydrogen-bond acceptors (Lipinski definition) is 2. The second-order valence-electron chi connectivity index (χ2n) is 2.82. The normalized spacial score (nSPS) is 11.5. The summed E-state index contributed by atoms with van der Waals surface area (Å²) >= 11 is 0. The minimum absolute atomic E-state index is 0.564. The Morgan fingerprint density at radius 1 is 1.31 bits per heavy atom. The molecule has 2 rings (SSSR count). The van der Waals surface area contributed by atoms with Gasteiger partial charge in [0.05, 0.1) is 6.26 Å². The van der Waals surface area contributed by atoms with Crippen molar-refractivity contribution in [3.8, 4) is 0 Å². The molecule has 0 aliphatic carbocycles. The zero-order chi connectivity index (χ0) is 9.10. The van der Waals surface area contributed by atoms with E-state index in [1.165, 1.54) is 0 Å². The fourth-order valence-corrected chi connectivity index (χ4v) is 1.36. The topological polar surface area (TPSA) is 39.2 Å². The minimum atomic E-state index is 0.564. The van der Waals surface area contributed by atoms with Gasteiger partial charge >= 0.3 is 0 Å². The van der Waals surface area contributed by atoms with Gasteiger partial charge in [0, 0.05) is 11.9 Å². The first-order valence-electron chi connectivity index (χ1n) is 4.24. The number of benzene rings is 1. The van der Waals surface area contributed by atoms with Crippen LogP contribution in [0.1, 0.15) is 5.56 Å². The Hall–Kier alpha value is -1.54. The molecule has 0 saturated heterocycles. The van der Waals surface area contributed by atoms with Crippen LogP contribution in [-0.4, -0.2) is 6.54 Å². The summed E-state index contributed by atoms with van der Waals surface area (Å²) in [4.78, 5) is 0. The van der Waals surface area contributed by atoms with Crippen molar-refractivity contribution in [3.63, 3.8) is 0 Å². The number of fused-ring (bicyclic) bond motifs is 1. The van der Waals surface area contributed by atoms with E-state index in [9.17, 15) is 0 Å². The highest BCUT2D eigenvalue weighted by atomic mass is 16.3. The molecule has 2 aromatic rings. The highest BCUT2D eigenvalue weighted by Gasteiger charge is 1.98. The molecular weight excluding hydrogens is 162 g/mol. The van der Waals surface area contributed by atoms with Gasteiger partial charge in [-0.15, -0.1) is 0 Å². The SMILES string of the molecule is NC/C=C/c1cccc2occc12. The molecule has 66 valence electrons. The summed E-state index contributed by atoms with van der Waals surface area (Å²) in [5, 5.41) is 1.13. The van der Waals surface area contributed by atoms with E-state index in [2.05, 4.69) is 0 Å². The minimum Gasteiger partial charge on any atom is -0.464 e. The average Bonchev–Trinajstić information content (AvgIpc) is 2.62. The maximum Gasteiger partial charge on any atom is 0.134 e. The van der Waals surface area contributed by atoms with Crippen LogP contribution >= 0.6 is 0 Å². The molecule has 0 fully saturated rings. The average molecular weight is 173 g/mol. The quantitative estimate of drug-likeness (QED) is 0.757. The molecule has 1 heterocycles. The van der Waals surface area contributed by atoms with Crippen LogP contribution in [0.25, 0.3) is 17.0 Å². The molecule has 0 unspecified atom stereocenters. The maximum absolute atomic E-state index is 5.39. The number of rotatable bonds is 2. The highest BCUT2D eigenvalue weighted by Crippen LogP contribution is 2.20. The van der Waals surface area contributed by atoms with Crippen molar-refractivity contribution in [2.75, 3.05) is 6.54 Å². The molecule has 2 heteroatoms. The van der Waals surface area contributed by atoms with E-state index < -0.39 is 0 Å². The monoisotopic (exact) mass is 173 g/mol. The Morgan fingerprint density at radius 2 is 2.23 bits per heavy atom. The molecule has 1 aromatic heterocycles. The van der Waals surface area contributed by atoms with Crippen LogP contribution in [0.15, 0.2) is 41.0 Å². The predicted octanol–water partition coefficient (Wildman–Crippen LogP) is 2.40.